The van der Waals surface area contributed by atoms with Gasteiger partial charge in [-0.3, -0.25) is 4.90 Å². The zero-order chi connectivity index (χ0) is 21.2. The van der Waals surface area contributed by atoms with Crippen molar-refractivity contribution >= 4 is 11.7 Å². The number of unbranched alkanes of at least 4 members (excludes halogenated alkanes) is 15. The first-order valence-corrected chi connectivity index (χ1v) is 12.0. The molecule has 2 amide bonds. The first-order valence-electron chi connectivity index (χ1n) is 12.0. The quantitative estimate of drug-likeness (QED) is 0.248. The van der Waals surface area contributed by atoms with Gasteiger partial charge in [0.2, 0.25) is 0 Å². The van der Waals surface area contributed by atoms with E-state index >= 15 is 0 Å². The number of amides is 2. The molecule has 1 aromatic rings. The Labute approximate surface area is 178 Å². The van der Waals surface area contributed by atoms with Crippen LogP contribution in [0.1, 0.15) is 110 Å². The smallest absolute Gasteiger partial charge is 0.319 e. The van der Waals surface area contributed by atoms with E-state index in [2.05, 4.69) is 6.92 Å². The zero-order valence-electron chi connectivity index (χ0n) is 18.7. The van der Waals surface area contributed by atoms with Gasteiger partial charge in [0.05, 0.1) is 0 Å². The van der Waals surface area contributed by atoms with Gasteiger partial charge in [0, 0.05) is 18.3 Å². The van der Waals surface area contributed by atoms with Crippen LogP contribution in [-0.2, 0) is 0 Å². The number of hydrogen-bond acceptors (Lipinski definition) is 2. The molecule has 0 aliphatic heterocycles. The van der Waals surface area contributed by atoms with Gasteiger partial charge < -0.3 is 10.8 Å². The number of urea groups is 1. The average molecular weight is 405 g/mol. The molecule has 4 heteroatoms. The Hall–Kier alpha value is -1.71. The molecular formula is C25H44N2O2. The van der Waals surface area contributed by atoms with Crippen molar-refractivity contribution in [1.29, 1.82) is 0 Å². The van der Waals surface area contributed by atoms with E-state index in [1.165, 1.54) is 89.9 Å². The van der Waals surface area contributed by atoms with Crippen molar-refractivity contribution in [2.45, 2.75) is 110 Å². The van der Waals surface area contributed by atoms with Crippen LogP contribution in [0.4, 0.5) is 10.5 Å². The molecule has 0 aromatic heterocycles. The van der Waals surface area contributed by atoms with E-state index in [1.807, 2.05) is 0 Å². The summed E-state index contributed by atoms with van der Waals surface area (Å²) in [6, 6.07) is 6.25. The van der Waals surface area contributed by atoms with Crippen LogP contribution in [-0.4, -0.2) is 17.7 Å². The number of nitrogens with two attached hydrogens (primary N) is 1. The Bertz CT molecular complexity index is 533. The van der Waals surface area contributed by atoms with Crippen molar-refractivity contribution in [2.24, 2.45) is 5.73 Å². The Balaban J connectivity index is 1.93. The topological polar surface area (TPSA) is 66.6 Å². The molecule has 0 bridgehead atoms. The van der Waals surface area contributed by atoms with Gasteiger partial charge in [-0.25, -0.2) is 4.79 Å². The molecule has 0 unspecified atom stereocenters. The van der Waals surface area contributed by atoms with E-state index in [9.17, 15) is 9.90 Å². The number of aromatic hydroxyl groups is 1. The van der Waals surface area contributed by atoms with Crippen LogP contribution in [0, 0.1) is 0 Å². The lowest BCUT2D eigenvalue weighted by atomic mass is 10.0. The molecule has 0 saturated heterocycles. The third kappa shape index (κ3) is 13.2. The fraction of sp³-hybridized carbons (Fsp3) is 0.720. The number of phenols is 1. The summed E-state index contributed by atoms with van der Waals surface area (Å²) < 4.78 is 0. The second-order valence-electron chi connectivity index (χ2n) is 8.31. The Kier molecular flexibility index (Phi) is 15.0. The molecule has 1 aromatic carbocycles. The minimum Gasteiger partial charge on any atom is -0.508 e. The monoisotopic (exact) mass is 404 g/mol. The molecular weight excluding hydrogens is 360 g/mol. The van der Waals surface area contributed by atoms with E-state index in [4.69, 9.17) is 5.73 Å². The number of primary amides is 1. The van der Waals surface area contributed by atoms with Crippen LogP contribution in [0.2, 0.25) is 0 Å². The summed E-state index contributed by atoms with van der Waals surface area (Å²) in [5, 5.41) is 9.58. The fourth-order valence-corrected chi connectivity index (χ4v) is 3.85. The van der Waals surface area contributed by atoms with Crippen molar-refractivity contribution in [2.75, 3.05) is 11.4 Å². The van der Waals surface area contributed by atoms with Crippen molar-refractivity contribution in [3.63, 3.8) is 0 Å². The third-order valence-corrected chi connectivity index (χ3v) is 5.64. The normalized spacial score (nSPS) is 10.9. The molecule has 1 rings (SSSR count). The average Bonchev–Trinajstić information content (AvgIpc) is 2.70. The van der Waals surface area contributed by atoms with Gasteiger partial charge in [-0.05, 0) is 18.6 Å². The second-order valence-corrected chi connectivity index (χ2v) is 8.31. The summed E-state index contributed by atoms with van der Waals surface area (Å²) in [6.45, 7) is 2.88. The van der Waals surface area contributed by atoms with Crippen LogP contribution in [0.3, 0.4) is 0 Å². The maximum Gasteiger partial charge on any atom is 0.319 e. The van der Waals surface area contributed by atoms with Crippen LogP contribution in [0.5, 0.6) is 5.75 Å². The van der Waals surface area contributed by atoms with Crippen molar-refractivity contribution in [1.82, 2.24) is 0 Å². The van der Waals surface area contributed by atoms with Crippen LogP contribution < -0.4 is 10.6 Å². The molecule has 0 saturated carbocycles. The summed E-state index contributed by atoms with van der Waals surface area (Å²) in [7, 11) is 0. The summed E-state index contributed by atoms with van der Waals surface area (Å²) in [4.78, 5) is 13.2. The molecule has 29 heavy (non-hydrogen) atoms. The van der Waals surface area contributed by atoms with E-state index < -0.39 is 6.03 Å². The van der Waals surface area contributed by atoms with E-state index in [0.29, 0.717) is 12.2 Å². The number of carbonyl (C=O) groups is 1. The molecule has 0 radical (unpaired) electrons. The standard InChI is InChI=1S/C25H44N2O2/c1-2-3-4-5-6-7-8-9-10-11-12-13-14-15-16-17-21-27(25(26)29)23-19-18-20-24(28)22-23/h18-20,22,28H,2-17,21H2,1H3,(H2,26,29). The fourth-order valence-electron chi connectivity index (χ4n) is 3.85. The van der Waals surface area contributed by atoms with Crippen LogP contribution in [0.25, 0.3) is 0 Å². The number of nitrogens with zero attached hydrogens (tertiary/aromatic N) is 1. The highest BCUT2D eigenvalue weighted by Gasteiger charge is 2.12. The number of anilines is 1. The van der Waals surface area contributed by atoms with Gasteiger partial charge in [-0.15, -0.1) is 0 Å². The summed E-state index contributed by atoms with van der Waals surface area (Å²) in [5.41, 5.74) is 6.16. The molecule has 3 N–H and O–H groups in total. The summed E-state index contributed by atoms with van der Waals surface area (Å²) in [5.74, 6) is 0.153. The molecule has 0 fully saturated rings. The van der Waals surface area contributed by atoms with Crippen LogP contribution >= 0.6 is 0 Å². The molecule has 0 aliphatic rings. The Morgan fingerprint density at radius 3 is 1.66 bits per heavy atom. The lowest BCUT2D eigenvalue weighted by Gasteiger charge is -2.20. The summed E-state index contributed by atoms with van der Waals surface area (Å²) >= 11 is 0. The molecule has 166 valence electrons. The molecule has 0 aliphatic carbocycles. The number of benzene rings is 1. The van der Waals surface area contributed by atoms with E-state index in [1.54, 1.807) is 29.2 Å². The lowest BCUT2D eigenvalue weighted by Crippen LogP contribution is -2.36. The zero-order valence-corrected chi connectivity index (χ0v) is 18.7. The highest BCUT2D eigenvalue weighted by Crippen LogP contribution is 2.21. The number of phenolic OH excluding ortho intramolecular Hbond substituents is 1. The second kappa shape index (κ2) is 17.2. The minimum absolute atomic E-state index is 0.153. The first kappa shape index (κ1) is 25.3. The van der Waals surface area contributed by atoms with Gasteiger partial charge >= 0.3 is 6.03 Å². The highest BCUT2D eigenvalue weighted by atomic mass is 16.3. The van der Waals surface area contributed by atoms with Gasteiger partial charge in [0.15, 0.2) is 0 Å². The third-order valence-electron chi connectivity index (χ3n) is 5.64. The lowest BCUT2D eigenvalue weighted by molar-refractivity contribution is 0.253. The maximum absolute atomic E-state index is 11.7. The van der Waals surface area contributed by atoms with Crippen molar-refractivity contribution in [3.8, 4) is 5.75 Å². The molecule has 0 atom stereocenters. The van der Waals surface area contributed by atoms with Gasteiger partial charge in [-0.1, -0.05) is 109 Å². The maximum atomic E-state index is 11.7. The number of rotatable bonds is 18. The molecule has 0 heterocycles. The number of carbonyl (C=O) groups excluding carboxylic acids is 1. The van der Waals surface area contributed by atoms with Crippen LogP contribution in [0.15, 0.2) is 24.3 Å². The predicted molar refractivity (Wildman–Crippen MR) is 125 cm³/mol. The van der Waals surface area contributed by atoms with E-state index in [0.717, 1.165) is 12.8 Å². The Morgan fingerprint density at radius 1 is 0.793 bits per heavy atom. The molecule has 0 spiro atoms. The summed E-state index contributed by atoms with van der Waals surface area (Å²) in [6.07, 6.45) is 21.3. The first-order chi connectivity index (χ1) is 14.1. The SMILES string of the molecule is CCCCCCCCCCCCCCCCCCN(C(N)=O)c1cccc(O)c1. The van der Waals surface area contributed by atoms with Gasteiger partial charge in [-0.2, -0.15) is 0 Å². The van der Waals surface area contributed by atoms with Gasteiger partial charge in [0.1, 0.15) is 5.75 Å². The number of hydrogen-bond donors (Lipinski definition) is 2. The van der Waals surface area contributed by atoms with Crippen molar-refractivity contribution in [3.05, 3.63) is 24.3 Å². The predicted octanol–water partition coefficient (Wildman–Crippen LogP) is 7.54. The minimum atomic E-state index is -0.462. The molecule has 4 nitrogen and oxygen atoms in total. The highest BCUT2D eigenvalue weighted by molar-refractivity contribution is 5.90. The van der Waals surface area contributed by atoms with E-state index in [-0.39, 0.29) is 5.75 Å². The largest absolute Gasteiger partial charge is 0.508 e. The van der Waals surface area contributed by atoms with Gasteiger partial charge in [0.25, 0.3) is 0 Å². The Morgan fingerprint density at radius 2 is 1.24 bits per heavy atom. The van der Waals surface area contributed by atoms with Crippen molar-refractivity contribution < 1.29 is 9.90 Å².